The molecule has 2 aromatic carbocycles. The summed E-state index contributed by atoms with van der Waals surface area (Å²) in [5.41, 5.74) is 3.21. The van der Waals surface area contributed by atoms with Crippen LogP contribution in [0.15, 0.2) is 48.5 Å². The zero-order chi connectivity index (χ0) is 22.0. The molecule has 0 fully saturated rings. The molecule has 7 heteroatoms. The van der Waals surface area contributed by atoms with E-state index in [4.69, 9.17) is 0 Å². The van der Waals surface area contributed by atoms with Crippen molar-refractivity contribution in [3.05, 3.63) is 54.1 Å². The Bertz CT molecular complexity index is 972. The predicted molar refractivity (Wildman–Crippen MR) is 115 cm³/mol. The monoisotopic (exact) mass is 409 g/mol. The Morgan fingerprint density at radius 2 is 1.57 bits per heavy atom. The smallest absolute Gasteiger partial charge is 0.253 e. The summed E-state index contributed by atoms with van der Waals surface area (Å²) in [5.74, 6) is -1.68. The third kappa shape index (κ3) is 4.07. The van der Waals surface area contributed by atoms with E-state index in [0.717, 1.165) is 16.8 Å². The Kier molecular flexibility index (Phi) is 6.22. The van der Waals surface area contributed by atoms with Crippen molar-refractivity contribution in [3.63, 3.8) is 0 Å². The van der Waals surface area contributed by atoms with Gasteiger partial charge in [-0.2, -0.15) is 0 Å². The van der Waals surface area contributed by atoms with E-state index < -0.39 is 30.0 Å². The molecule has 7 nitrogen and oxygen atoms in total. The van der Waals surface area contributed by atoms with Crippen LogP contribution >= 0.6 is 0 Å². The molecule has 0 saturated heterocycles. The molecule has 0 radical (unpaired) electrons. The van der Waals surface area contributed by atoms with Gasteiger partial charge in [0.1, 0.15) is 18.2 Å². The summed E-state index contributed by atoms with van der Waals surface area (Å²) in [6.45, 7) is 4.94. The van der Waals surface area contributed by atoms with Crippen LogP contribution in [0.2, 0.25) is 0 Å². The number of aliphatic hydroxyl groups excluding tert-OH is 1. The quantitative estimate of drug-likeness (QED) is 0.704. The number of hydrogen-bond acceptors (Lipinski definition) is 4. The van der Waals surface area contributed by atoms with Crippen LogP contribution in [0.25, 0.3) is 11.1 Å². The molecule has 3 amide bonds. The van der Waals surface area contributed by atoms with E-state index in [0.29, 0.717) is 5.56 Å². The maximum atomic E-state index is 13.2. The number of anilines is 1. The van der Waals surface area contributed by atoms with Crippen molar-refractivity contribution in [2.75, 3.05) is 11.9 Å². The number of rotatable bonds is 5. The summed E-state index contributed by atoms with van der Waals surface area (Å²) >= 11 is 0. The molecule has 1 heterocycles. The Morgan fingerprint density at radius 3 is 2.23 bits per heavy atom. The number of likely N-dealkylation sites (N-methyl/N-ethyl adjacent to an activating group) is 1. The van der Waals surface area contributed by atoms with Crippen LogP contribution in [-0.4, -0.2) is 42.0 Å². The molecular weight excluding hydrogens is 382 g/mol. The number of hydrogen-bond donors (Lipinski definition) is 3. The minimum Gasteiger partial charge on any atom is -0.383 e. The van der Waals surface area contributed by atoms with Gasteiger partial charge in [-0.05, 0) is 30.0 Å². The van der Waals surface area contributed by atoms with Gasteiger partial charge in [0, 0.05) is 12.6 Å². The second-order valence-corrected chi connectivity index (χ2v) is 7.86. The summed E-state index contributed by atoms with van der Waals surface area (Å²) in [5, 5.41) is 15.2. The van der Waals surface area contributed by atoms with Crippen molar-refractivity contribution >= 4 is 23.4 Å². The molecule has 3 atom stereocenters. The number of para-hydroxylation sites is 1. The van der Waals surface area contributed by atoms with Gasteiger partial charge in [0.05, 0.1) is 5.69 Å². The Morgan fingerprint density at radius 1 is 0.967 bits per heavy atom. The highest BCUT2D eigenvalue weighted by atomic mass is 16.3. The maximum absolute atomic E-state index is 13.2. The van der Waals surface area contributed by atoms with E-state index in [9.17, 15) is 19.5 Å². The first kappa shape index (κ1) is 21.5. The van der Waals surface area contributed by atoms with E-state index >= 15 is 0 Å². The fourth-order valence-corrected chi connectivity index (χ4v) is 3.51. The van der Waals surface area contributed by atoms with Crippen LogP contribution in [0, 0.1) is 5.92 Å². The molecule has 0 bridgehead atoms. The molecular formula is C23H27N3O4. The van der Waals surface area contributed by atoms with Gasteiger partial charge in [0.2, 0.25) is 11.8 Å². The van der Waals surface area contributed by atoms with Crippen molar-refractivity contribution in [2.45, 2.75) is 39.0 Å². The third-order valence-electron chi connectivity index (χ3n) is 5.34. The number of carbonyl (C=O) groups is 3. The highest BCUT2D eigenvalue weighted by Crippen LogP contribution is 2.39. The fraction of sp³-hybridized carbons (Fsp3) is 0.348. The summed E-state index contributed by atoms with van der Waals surface area (Å²) in [6.07, 6.45) is -1.21. The van der Waals surface area contributed by atoms with Crippen LogP contribution in [0.3, 0.4) is 0 Å². The second-order valence-electron chi connectivity index (χ2n) is 7.86. The van der Waals surface area contributed by atoms with Crippen LogP contribution < -0.4 is 15.5 Å². The van der Waals surface area contributed by atoms with E-state index in [2.05, 4.69) is 10.6 Å². The Hall–Kier alpha value is -3.19. The van der Waals surface area contributed by atoms with Crippen molar-refractivity contribution in [1.82, 2.24) is 10.6 Å². The lowest BCUT2D eigenvalue weighted by molar-refractivity contribution is -0.136. The predicted octanol–water partition coefficient (Wildman–Crippen LogP) is 2.01. The molecule has 1 aliphatic heterocycles. The van der Waals surface area contributed by atoms with Gasteiger partial charge in [0.25, 0.3) is 5.91 Å². The van der Waals surface area contributed by atoms with Gasteiger partial charge >= 0.3 is 0 Å². The molecule has 0 aliphatic carbocycles. The topological polar surface area (TPSA) is 98.7 Å². The van der Waals surface area contributed by atoms with E-state index in [-0.39, 0.29) is 11.8 Å². The first-order valence-electron chi connectivity index (χ1n) is 9.97. The number of nitrogens with zero attached hydrogens (tertiary/aromatic N) is 1. The third-order valence-corrected chi connectivity index (χ3v) is 5.34. The van der Waals surface area contributed by atoms with Crippen molar-refractivity contribution < 1.29 is 19.5 Å². The first-order valence-corrected chi connectivity index (χ1v) is 9.97. The van der Waals surface area contributed by atoms with Gasteiger partial charge in [-0.3, -0.25) is 14.4 Å². The van der Waals surface area contributed by atoms with Crippen molar-refractivity contribution in [2.24, 2.45) is 5.92 Å². The van der Waals surface area contributed by atoms with Crippen LogP contribution in [0.5, 0.6) is 0 Å². The molecule has 3 N–H and O–H groups in total. The zero-order valence-corrected chi connectivity index (χ0v) is 17.5. The molecule has 3 rings (SSSR count). The van der Waals surface area contributed by atoms with Gasteiger partial charge in [-0.15, -0.1) is 0 Å². The van der Waals surface area contributed by atoms with E-state index in [1.165, 1.54) is 11.8 Å². The lowest BCUT2D eigenvalue weighted by Crippen LogP contribution is -2.51. The number of aliphatic hydroxyl groups is 1. The summed E-state index contributed by atoms with van der Waals surface area (Å²) in [6, 6.07) is 13.2. The van der Waals surface area contributed by atoms with Gasteiger partial charge in [-0.25, -0.2) is 0 Å². The van der Waals surface area contributed by atoms with Gasteiger partial charge < -0.3 is 20.6 Å². The lowest BCUT2D eigenvalue weighted by Gasteiger charge is -2.25. The summed E-state index contributed by atoms with van der Waals surface area (Å²) in [7, 11) is 1.68. The Labute approximate surface area is 176 Å². The molecule has 0 aromatic heterocycles. The minimum atomic E-state index is -1.21. The number of fused-ring (bicyclic) bond motifs is 3. The summed E-state index contributed by atoms with van der Waals surface area (Å²) < 4.78 is 0. The number of carbonyl (C=O) groups excluding carboxylic acids is 3. The standard InChI is InChI=1S/C23H27N3O4/c1-13(2)20(27)22(29)24-14(3)21(28)25-19-17-11-6-5-9-15(17)16-10-7-8-12-18(16)26(4)23(19)30/h5-14,19-20,27H,1-4H3,(H,24,29)(H,25,28). The molecule has 0 spiro atoms. The van der Waals surface area contributed by atoms with Crippen molar-refractivity contribution in [3.8, 4) is 11.1 Å². The molecule has 0 saturated carbocycles. The minimum absolute atomic E-state index is 0.275. The van der Waals surface area contributed by atoms with E-state index in [1.807, 2.05) is 48.5 Å². The lowest BCUT2D eigenvalue weighted by atomic mass is 9.95. The van der Waals surface area contributed by atoms with Gasteiger partial charge in [0.15, 0.2) is 0 Å². The SMILES string of the molecule is CC(NC(=O)C(O)C(C)C)C(=O)NC1C(=O)N(C)c2ccccc2-c2ccccc21. The van der Waals surface area contributed by atoms with Crippen LogP contribution in [-0.2, 0) is 14.4 Å². The molecule has 3 unspecified atom stereocenters. The second kappa shape index (κ2) is 8.67. The largest absolute Gasteiger partial charge is 0.383 e. The highest BCUT2D eigenvalue weighted by molar-refractivity contribution is 6.06. The number of nitrogens with one attached hydrogen (secondary N) is 2. The van der Waals surface area contributed by atoms with Gasteiger partial charge in [-0.1, -0.05) is 56.3 Å². The zero-order valence-electron chi connectivity index (χ0n) is 17.5. The molecule has 158 valence electrons. The average molecular weight is 409 g/mol. The van der Waals surface area contributed by atoms with Crippen LogP contribution in [0.4, 0.5) is 5.69 Å². The summed E-state index contributed by atoms with van der Waals surface area (Å²) in [4.78, 5) is 39.7. The number of benzene rings is 2. The first-order chi connectivity index (χ1) is 14.2. The van der Waals surface area contributed by atoms with Crippen molar-refractivity contribution in [1.29, 1.82) is 0 Å². The maximum Gasteiger partial charge on any atom is 0.253 e. The fourth-order valence-electron chi connectivity index (χ4n) is 3.51. The Balaban J connectivity index is 1.88. The molecule has 1 aliphatic rings. The number of amides is 3. The van der Waals surface area contributed by atoms with E-state index in [1.54, 1.807) is 20.9 Å². The normalized spacial score (nSPS) is 17.5. The van der Waals surface area contributed by atoms with Crippen LogP contribution in [0.1, 0.15) is 32.4 Å². The highest BCUT2D eigenvalue weighted by Gasteiger charge is 2.34. The molecule has 30 heavy (non-hydrogen) atoms. The molecule has 2 aromatic rings. The average Bonchev–Trinajstić information content (AvgIpc) is 2.83.